The molecule has 0 aliphatic heterocycles. The van der Waals surface area contributed by atoms with Crippen LogP contribution in [0, 0.1) is 0 Å². The van der Waals surface area contributed by atoms with Gasteiger partial charge in [0.25, 0.3) is 0 Å². The summed E-state index contributed by atoms with van der Waals surface area (Å²) >= 11 is 0. The average Bonchev–Trinajstić information content (AvgIpc) is 2.38. The van der Waals surface area contributed by atoms with Gasteiger partial charge in [-0.1, -0.05) is 0 Å². The molecule has 0 saturated heterocycles. The number of carbonyl (C=O) groups excluding carboxylic acids is 2. The number of aliphatic hydroxyl groups excluding tert-OH is 1. The highest BCUT2D eigenvalue weighted by molar-refractivity contribution is 5.86. The molecule has 1 amide bonds. The molecular formula is C15H21NO6. The van der Waals surface area contributed by atoms with E-state index in [2.05, 4.69) is 10.1 Å². The summed E-state index contributed by atoms with van der Waals surface area (Å²) in [7, 11) is 1.21. The maximum absolute atomic E-state index is 11.8. The molecule has 122 valence electrons. The summed E-state index contributed by atoms with van der Waals surface area (Å²) in [5.74, 6) is -0.715. The number of ether oxygens (including phenoxy) is 2. The van der Waals surface area contributed by atoms with E-state index in [0.717, 1.165) is 0 Å². The van der Waals surface area contributed by atoms with Crippen LogP contribution in [0.25, 0.3) is 0 Å². The predicted octanol–water partition coefficient (Wildman–Crippen LogP) is 2.34. The largest absolute Gasteiger partial charge is 0.508 e. The van der Waals surface area contributed by atoms with Crippen molar-refractivity contribution >= 4 is 17.7 Å². The summed E-state index contributed by atoms with van der Waals surface area (Å²) in [6.07, 6.45) is -2.24. The molecule has 0 fully saturated rings. The van der Waals surface area contributed by atoms with Gasteiger partial charge < -0.3 is 19.7 Å². The summed E-state index contributed by atoms with van der Waals surface area (Å²) in [5.41, 5.74) is -0.245. The smallest absolute Gasteiger partial charge is 0.412 e. The van der Waals surface area contributed by atoms with Crippen LogP contribution in [0.3, 0.4) is 0 Å². The Kier molecular flexibility index (Phi) is 5.76. The maximum atomic E-state index is 11.8. The van der Waals surface area contributed by atoms with Crippen molar-refractivity contribution in [3.8, 4) is 5.75 Å². The topological polar surface area (TPSA) is 105 Å². The molecule has 1 aromatic carbocycles. The number of benzene rings is 1. The first-order valence-electron chi connectivity index (χ1n) is 6.70. The Morgan fingerprint density at radius 2 is 1.95 bits per heavy atom. The molecule has 22 heavy (non-hydrogen) atoms. The third-order valence-corrected chi connectivity index (χ3v) is 2.62. The van der Waals surface area contributed by atoms with Crippen LogP contribution in [0.15, 0.2) is 18.2 Å². The highest BCUT2D eigenvalue weighted by Gasteiger charge is 2.21. The van der Waals surface area contributed by atoms with E-state index >= 15 is 0 Å². The molecule has 0 aromatic heterocycles. The molecule has 7 heteroatoms. The van der Waals surface area contributed by atoms with Crippen molar-refractivity contribution in [3.05, 3.63) is 23.8 Å². The van der Waals surface area contributed by atoms with Gasteiger partial charge in [0.05, 0.1) is 25.3 Å². The number of nitrogens with one attached hydrogen (secondary N) is 1. The lowest BCUT2D eigenvalue weighted by Crippen LogP contribution is -2.27. The zero-order valence-corrected chi connectivity index (χ0v) is 13.0. The van der Waals surface area contributed by atoms with E-state index in [1.807, 2.05) is 0 Å². The lowest BCUT2D eigenvalue weighted by molar-refractivity contribution is -0.142. The van der Waals surface area contributed by atoms with Crippen LogP contribution in [0.4, 0.5) is 10.5 Å². The fraction of sp³-hybridized carbons (Fsp3) is 0.467. The number of rotatable bonds is 4. The lowest BCUT2D eigenvalue weighted by atomic mass is 10.0. The first-order chi connectivity index (χ1) is 10.1. The molecule has 0 aliphatic rings. The van der Waals surface area contributed by atoms with Crippen molar-refractivity contribution in [3.63, 3.8) is 0 Å². The van der Waals surface area contributed by atoms with Gasteiger partial charge in [0.2, 0.25) is 0 Å². The van der Waals surface area contributed by atoms with Gasteiger partial charge >= 0.3 is 12.1 Å². The highest BCUT2D eigenvalue weighted by atomic mass is 16.6. The van der Waals surface area contributed by atoms with E-state index in [4.69, 9.17) is 4.74 Å². The zero-order valence-electron chi connectivity index (χ0n) is 13.0. The number of carbonyl (C=O) groups is 2. The number of methoxy groups -OCH3 is 1. The molecule has 0 unspecified atom stereocenters. The Morgan fingerprint density at radius 3 is 2.50 bits per heavy atom. The van der Waals surface area contributed by atoms with Crippen molar-refractivity contribution in [2.24, 2.45) is 0 Å². The summed E-state index contributed by atoms with van der Waals surface area (Å²) in [5, 5.41) is 22.1. The van der Waals surface area contributed by atoms with Gasteiger partial charge in [0, 0.05) is 5.56 Å². The van der Waals surface area contributed by atoms with Gasteiger partial charge in [-0.3, -0.25) is 10.1 Å². The molecule has 0 aliphatic carbocycles. The van der Waals surface area contributed by atoms with E-state index in [1.165, 1.54) is 25.3 Å². The Bertz CT molecular complexity index is 549. The zero-order chi connectivity index (χ0) is 16.9. The van der Waals surface area contributed by atoms with Crippen molar-refractivity contribution < 1.29 is 29.3 Å². The molecule has 0 spiro atoms. The predicted molar refractivity (Wildman–Crippen MR) is 79.6 cm³/mol. The third-order valence-electron chi connectivity index (χ3n) is 2.62. The molecule has 0 radical (unpaired) electrons. The van der Waals surface area contributed by atoms with Gasteiger partial charge in [-0.2, -0.15) is 0 Å². The quantitative estimate of drug-likeness (QED) is 0.582. The number of amides is 1. The lowest BCUT2D eigenvalue weighted by Gasteiger charge is -2.21. The van der Waals surface area contributed by atoms with E-state index in [9.17, 15) is 19.8 Å². The molecule has 3 N–H and O–H groups in total. The van der Waals surface area contributed by atoms with E-state index < -0.39 is 23.8 Å². The third kappa shape index (κ3) is 5.61. The van der Waals surface area contributed by atoms with Crippen LogP contribution in [0.1, 0.15) is 38.9 Å². The van der Waals surface area contributed by atoms with Crippen molar-refractivity contribution in [2.75, 3.05) is 12.4 Å². The van der Waals surface area contributed by atoms with Crippen LogP contribution in [-0.4, -0.2) is 35.0 Å². The van der Waals surface area contributed by atoms with Gasteiger partial charge in [-0.25, -0.2) is 4.79 Å². The Morgan fingerprint density at radius 1 is 1.32 bits per heavy atom. The molecule has 1 aromatic rings. The number of esters is 1. The van der Waals surface area contributed by atoms with Crippen LogP contribution >= 0.6 is 0 Å². The number of anilines is 1. The van der Waals surface area contributed by atoms with Gasteiger partial charge in [-0.15, -0.1) is 0 Å². The van der Waals surface area contributed by atoms with Crippen molar-refractivity contribution in [2.45, 2.75) is 38.9 Å². The second-order valence-electron chi connectivity index (χ2n) is 5.69. The number of phenolic OH excluding ortho intramolecular Hbond substituents is 1. The molecule has 1 rings (SSSR count). The number of hydrogen-bond acceptors (Lipinski definition) is 6. The molecule has 0 heterocycles. The van der Waals surface area contributed by atoms with Crippen LogP contribution in [0.2, 0.25) is 0 Å². The first-order valence-corrected chi connectivity index (χ1v) is 6.70. The van der Waals surface area contributed by atoms with Gasteiger partial charge in [0.15, 0.2) is 0 Å². The SMILES string of the molecule is COC(=O)C[C@@H](O)c1cc(O)ccc1NC(=O)OC(C)(C)C. The Labute approximate surface area is 128 Å². The van der Waals surface area contributed by atoms with Crippen molar-refractivity contribution in [1.29, 1.82) is 0 Å². The number of hydrogen-bond donors (Lipinski definition) is 3. The number of aromatic hydroxyl groups is 1. The summed E-state index contributed by atoms with van der Waals surface area (Å²) in [6, 6.07) is 4.02. The molecule has 7 nitrogen and oxygen atoms in total. The van der Waals surface area contributed by atoms with Crippen LogP contribution in [0.5, 0.6) is 5.75 Å². The second kappa shape index (κ2) is 7.13. The van der Waals surface area contributed by atoms with E-state index in [1.54, 1.807) is 20.8 Å². The standard InChI is InChI=1S/C15H21NO6/c1-15(2,3)22-14(20)16-11-6-5-9(17)7-10(11)12(18)8-13(19)21-4/h5-7,12,17-18H,8H2,1-4H3,(H,16,20)/t12-/m1/s1. The van der Waals surface area contributed by atoms with Gasteiger partial charge in [-0.05, 0) is 39.0 Å². The molecule has 0 bridgehead atoms. The average molecular weight is 311 g/mol. The normalized spacial score (nSPS) is 12.4. The summed E-state index contributed by atoms with van der Waals surface area (Å²) in [4.78, 5) is 23.0. The van der Waals surface area contributed by atoms with Crippen molar-refractivity contribution in [1.82, 2.24) is 0 Å². The van der Waals surface area contributed by atoms with Crippen LogP contribution < -0.4 is 5.32 Å². The Hall–Kier alpha value is -2.28. The Balaban J connectivity index is 2.95. The minimum absolute atomic E-state index is 0.103. The number of aliphatic hydroxyl groups is 1. The fourth-order valence-electron chi connectivity index (χ4n) is 1.70. The van der Waals surface area contributed by atoms with Crippen LogP contribution in [-0.2, 0) is 14.3 Å². The minimum Gasteiger partial charge on any atom is -0.508 e. The highest BCUT2D eigenvalue weighted by Crippen LogP contribution is 2.29. The molecule has 0 saturated carbocycles. The number of phenols is 1. The van der Waals surface area contributed by atoms with Gasteiger partial charge in [0.1, 0.15) is 11.4 Å². The maximum Gasteiger partial charge on any atom is 0.412 e. The van der Waals surface area contributed by atoms with E-state index in [0.29, 0.717) is 0 Å². The minimum atomic E-state index is -1.23. The van der Waals surface area contributed by atoms with E-state index in [-0.39, 0.29) is 23.4 Å². The second-order valence-corrected chi connectivity index (χ2v) is 5.69. The summed E-state index contributed by atoms with van der Waals surface area (Å²) < 4.78 is 9.61. The first kappa shape index (κ1) is 17.8. The monoisotopic (exact) mass is 311 g/mol. The molecule has 1 atom stereocenters. The summed E-state index contributed by atoms with van der Waals surface area (Å²) in [6.45, 7) is 5.16. The fourth-order valence-corrected chi connectivity index (χ4v) is 1.70. The molecular weight excluding hydrogens is 290 g/mol.